The number of benzene rings is 1. The lowest BCUT2D eigenvalue weighted by molar-refractivity contribution is -0.384. The first-order valence-electron chi connectivity index (χ1n) is 6.16. The van der Waals surface area contributed by atoms with Gasteiger partial charge in [0.05, 0.1) is 4.92 Å². The second-order valence-electron chi connectivity index (χ2n) is 4.67. The van der Waals surface area contributed by atoms with Gasteiger partial charge in [-0.3, -0.25) is 10.1 Å². The first-order valence-corrected chi connectivity index (χ1v) is 6.95. The number of fused-ring (bicyclic) bond motifs is 1. The molecular weight excluding hydrogens is 336 g/mol. The summed E-state index contributed by atoms with van der Waals surface area (Å²) < 4.78 is 0.969. The Morgan fingerprint density at radius 2 is 2.10 bits per heavy atom. The van der Waals surface area contributed by atoms with Gasteiger partial charge in [-0.1, -0.05) is 22.0 Å². The van der Waals surface area contributed by atoms with Gasteiger partial charge in [-0.05, 0) is 29.3 Å². The maximum Gasteiger partial charge on any atom is 0.329 e. The van der Waals surface area contributed by atoms with Gasteiger partial charge in [-0.15, -0.1) is 0 Å². The summed E-state index contributed by atoms with van der Waals surface area (Å²) in [6, 6.07) is 9.14. The fourth-order valence-electron chi connectivity index (χ4n) is 2.46. The Kier molecular flexibility index (Phi) is 3.31. The molecule has 21 heavy (non-hydrogen) atoms. The molecule has 0 fully saturated rings. The van der Waals surface area contributed by atoms with Crippen molar-refractivity contribution in [3.63, 3.8) is 0 Å². The van der Waals surface area contributed by atoms with Crippen LogP contribution in [-0.2, 0) is 13.1 Å². The minimum atomic E-state index is -0.542. The molecule has 0 N–H and O–H groups in total. The number of halogens is 1. The predicted octanol–water partition coefficient (Wildman–Crippen LogP) is 3.14. The van der Waals surface area contributed by atoms with Crippen LogP contribution in [0.15, 0.2) is 34.9 Å². The summed E-state index contributed by atoms with van der Waals surface area (Å²) in [5.41, 5.74) is 2.01. The molecule has 2 heterocycles. The van der Waals surface area contributed by atoms with Gasteiger partial charge in [0.25, 0.3) is 0 Å². The molecule has 0 unspecified atom stereocenters. The molecule has 0 amide bonds. The number of nitro groups is 1. The molecule has 7 heteroatoms. The summed E-state index contributed by atoms with van der Waals surface area (Å²) in [5, 5.41) is 20.3. The number of nitriles is 1. The molecule has 3 rings (SSSR count). The number of nitrogens with zero attached hydrogens (tertiary/aromatic N) is 4. The number of pyridine rings is 1. The highest BCUT2D eigenvalue weighted by Gasteiger charge is 2.29. The van der Waals surface area contributed by atoms with Crippen LogP contribution in [0.2, 0.25) is 0 Å². The summed E-state index contributed by atoms with van der Waals surface area (Å²) in [4.78, 5) is 16.7. The van der Waals surface area contributed by atoms with Crippen LogP contribution in [0, 0.1) is 21.4 Å². The number of rotatable bonds is 2. The van der Waals surface area contributed by atoms with Crippen LogP contribution in [0.5, 0.6) is 0 Å². The summed E-state index contributed by atoms with van der Waals surface area (Å²) in [5.74, 6) is 0.242. The van der Waals surface area contributed by atoms with Gasteiger partial charge in [0.1, 0.15) is 11.6 Å². The Labute approximate surface area is 128 Å². The first kappa shape index (κ1) is 13.5. The predicted molar refractivity (Wildman–Crippen MR) is 79.6 cm³/mol. The Balaban J connectivity index is 2.04. The van der Waals surface area contributed by atoms with Crippen molar-refractivity contribution in [1.82, 2.24) is 4.98 Å². The Morgan fingerprint density at radius 1 is 1.33 bits per heavy atom. The van der Waals surface area contributed by atoms with E-state index in [4.69, 9.17) is 5.26 Å². The van der Waals surface area contributed by atoms with Crippen molar-refractivity contribution < 1.29 is 4.92 Å². The minimum absolute atomic E-state index is 0.0298. The molecule has 2 aromatic rings. The van der Waals surface area contributed by atoms with Crippen molar-refractivity contribution in [2.45, 2.75) is 13.1 Å². The molecule has 0 aliphatic carbocycles. The van der Waals surface area contributed by atoms with Gasteiger partial charge in [-0.25, -0.2) is 4.98 Å². The van der Waals surface area contributed by atoms with Crippen molar-refractivity contribution in [3.05, 3.63) is 61.7 Å². The highest BCUT2D eigenvalue weighted by molar-refractivity contribution is 9.10. The highest BCUT2D eigenvalue weighted by atomic mass is 79.9. The topological polar surface area (TPSA) is 83.1 Å². The zero-order valence-electron chi connectivity index (χ0n) is 10.8. The van der Waals surface area contributed by atoms with E-state index >= 15 is 0 Å². The smallest absolute Gasteiger partial charge is 0.329 e. The highest BCUT2D eigenvalue weighted by Crippen LogP contribution is 2.35. The molecule has 0 spiro atoms. The second kappa shape index (κ2) is 5.14. The van der Waals surface area contributed by atoms with Gasteiger partial charge in [0, 0.05) is 23.8 Å². The van der Waals surface area contributed by atoms with E-state index in [2.05, 4.69) is 20.9 Å². The number of aromatic nitrogens is 1. The maximum atomic E-state index is 11.3. The molecule has 1 aliphatic rings. The third-order valence-electron chi connectivity index (χ3n) is 3.40. The Morgan fingerprint density at radius 3 is 2.81 bits per heavy atom. The van der Waals surface area contributed by atoms with E-state index in [9.17, 15) is 10.1 Å². The summed E-state index contributed by atoms with van der Waals surface area (Å²) in [6.45, 7) is 1.09. The molecule has 0 atom stereocenters. The van der Waals surface area contributed by atoms with Crippen LogP contribution in [0.25, 0.3) is 0 Å². The number of hydrogen-bond donors (Lipinski definition) is 0. The van der Waals surface area contributed by atoms with Crippen LogP contribution in [0.4, 0.5) is 11.5 Å². The van der Waals surface area contributed by atoms with Crippen LogP contribution in [0.3, 0.4) is 0 Å². The van der Waals surface area contributed by atoms with Crippen molar-refractivity contribution in [1.29, 1.82) is 5.26 Å². The molecule has 1 aromatic heterocycles. The third kappa shape index (κ3) is 2.34. The van der Waals surface area contributed by atoms with E-state index < -0.39 is 4.92 Å². The van der Waals surface area contributed by atoms with E-state index in [0.29, 0.717) is 13.1 Å². The first-order chi connectivity index (χ1) is 10.1. The lowest BCUT2D eigenvalue weighted by Gasteiger charge is -2.16. The van der Waals surface area contributed by atoms with E-state index in [1.165, 1.54) is 12.3 Å². The molecule has 6 nitrogen and oxygen atoms in total. The molecule has 0 saturated carbocycles. The van der Waals surface area contributed by atoms with Gasteiger partial charge in [0.2, 0.25) is 5.82 Å². The molecule has 104 valence electrons. The van der Waals surface area contributed by atoms with Gasteiger partial charge in [0.15, 0.2) is 0 Å². The second-order valence-corrected chi connectivity index (χ2v) is 5.58. The molecular formula is C14H9BrN4O2. The summed E-state index contributed by atoms with van der Waals surface area (Å²) >= 11 is 3.42. The fourth-order valence-corrected chi connectivity index (χ4v) is 2.87. The quantitative estimate of drug-likeness (QED) is 0.617. The van der Waals surface area contributed by atoms with Crippen LogP contribution >= 0.6 is 15.9 Å². The standard InChI is InChI=1S/C14H9BrN4O2/c15-12-2-1-10-7-18(8-11(10)5-12)14-13(19(20)21)9(6-16)3-4-17-14/h1-5H,7-8H2. The van der Waals surface area contributed by atoms with E-state index in [0.717, 1.165) is 15.6 Å². The van der Waals surface area contributed by atoms with Crippen molar-refractivity contribution in [2.75, 3.05) is 4.90 Å². The monoisotopic (exact) mass is 344 g/mol. The fraction of sp³-hybridized carbons (Fsp3) is 0.143. The number of hydrogen-bond acceptors (Lipinski definition) is 5. The summed E-state index contributed by atoms with van der Waals surface area (Å²) in [6.07, 6.45) is 1.43. The van der Waals surface area contributed by atoms with Crippen molar-refractivity contribution >= 4 is 27.4 Å². The maximum absolute atomic E-state index is 11.3. The zero-order chi connectivity index (χ0) is 15.0. The zero-order valence-corrected chi connectivity index (χ0v) is 12.4. The average Bonchev–Trinajstić information content (AvgIpc) is 2.89. The van der Waals surface area contributed by atoms with Gasteiger partial charge < -0.3 is 4.90 Å². The molecule has 1 aliphatic heterocycles. The average molecular weight is 345 g/mol. The van der Waals surface area contributed by atoms with E-state index in [-0.39, 0.29) is 17.1 Å². The largest absolute Gasteiger partial charge is 0.342 e. The molecule has 0 bridgehead atoms. The van der Waals surface area contributed by atoms with Crippen molar-refractivity contribution in [2.24, 2.45) is 0 Å². The lowest BCUT2D eigenvalue weighted by atomic mass is 10.1. The Hall–Kier alpha value is -2.46. The third-order valence-corrected chi connectivity index (χ3v) is 3.89. The molecule has 1 aromatic carbocycles. The SMILES string of the molecule is N#Cc1ccnc(N2Cc3ccc(Br)cc3C2)c1[N+](=O)[O-]. The molecule has 0 radical (unpaired) electrons. The van der Waals surface area contributed by atoms with Gasteiger partial charge >= 0.3 is 5.69 Å². The minimum Gasteiger partial charge on any atom is -0.342 e. The van der Waals surface area contributed by atoms with Gasteiger partial charge in [-0.2, -0.15) is 5.26 Å². The number of anilines is 1. The Bertz CT molecular complexity index is 785. The van der Waals surface area contributed by atoms with Crippen molar-refractivity contribution in [3.8, 4) is 6.07 Å². The molecule has 0 saturated heterocycles. The van der Waals surface area contributed by atoms with Crippen LogP contribution in [-0.4, -0.2) is 9.91 Å². The lowest BCUT2D eigenvalue weighted by Crippen LogP contribution is -2.18. The van der Waals surface area contributed by atoms with E-state index in [1.54, 1.807) is 0 Å². The van der Waals surface area contributed by atoms with E-state index in [1.807, 2.05) is 29.2 Å². The van der Waals surface area contributed by atoms with Crippen LogP contribution in [0.1, 0.15) is 16.7 Å². The van der Waals surface area contributed by atoms with Crippen LogP contribution < -0.4 is 4.90 Å². The summed E-state index contributed by atoms with van der Waals surface area (Å²) in [7, 11) is 0. The normalized spacial score (nSPS) is 12.9.